The van der Waals surface area contributed by atoms with Gasteiger partial charge in [-0.2, -0.15) is 0 Å². The first-order valence-electron chi connectivity index (χ1n) is 10.5. The monoisotopic (exact) mass is 403 g/mol. The van der Waals surface area contributed by atoms with Crippen LogP contribution in [0.2, 0.25) is 0 Å². The van der Waals surface area contributed by atoms with Crippen LogP contribution in [-0.2, 0) is 0 Å². The fourth-order valence-electron chi connectivity index (χ4n) is 3.82. The highest BCUT2D eigenvalue weighted by atomic mass is 16.1. The fourth-order valence-corrected chi connectivity index (χ4v) is 3.82. The van der Waals surface area contributed by atoms with E-state index in [9.17, 15) is 4.79 Å². The summed E-state index contributed by atoms with van der Waals surface area (Å²) < 4.78 is 0. The van der Waals surface area contributed by atoms with Crippen molar-refractivity contribution in [3.05, 3.63) is 71.0 Å². The largest absolute Gasteiger partial charge is 0.344 e. The minimum atomic E-state index is -0.0834. The highest BCUT2D eigenvalue weighted by Crippen LogP contribution is 2.18. The van der Waals surface area contributed by atoms with Gasteiger partial charge in [0.2, 0.25) is 0 Å². The number of hydrogen-bond donors (Lipinski definition) is 1. The van der Waals surface area contributed by atoms with Crippen molar-refractivity contribution in [2.24, 2.45) is 0 Å². The first kappa shape index (κ1) is 20.4. The highest BCUT2D eigenvalue weighted by molar-refractivity contribution is 5.97. The molecule has 6 heteroatoms. The summed E-state index contributed by atoms with van der Waals surface area (Å²) in [5, 5.41) is 3.26. The molecule has 1 aromatic heterocycles. The molecular formula is C24H29N5O. The SMILES string of the molecule is Cc1nc2ccc(C(=O)NC(CN3CCN(C)CC3)c3ccccc3)cc2nc1C. The van der Waals surface area contributed by atoms with Crippen molar-refractivity contribution in [3.63, 3.8) is 0 Å². The number of amides is 1. The van der Waals surface area contributed by atoms with Gasteiger partial charge in [0.1, 0.15) is 0 Å². The van der Waals surface area contributed by atoms with Gasteiger partial charge < -0.3 is 10.2 Å². The Hall–Kier alpha value is -2.83. The maximum Gasteiger partial charge on any atom is 0.251 e. The molecule has 30 heavy (non-hydrogen) atoms. The van der Waals surface area contributed by atoms with E-state index in [-0.39, 0.29) is 11.9 Å². The van der Waals surface area contributed by atoms with Gasteiger partial charge in [-0.05, 0) is 44.7 Å². The second-order valence-corrected chi connectivity index (χ2v) is 8.14. The van der Waals surface area contributed by atoms with Crippen molar-refractivity contribution in [2.45, 2.75) is 19.9 Å². The van der Waals surface area contributed by atoms with E-state index >= 15 is 0 Å². The number of carbonyl (C=O) groups excluding carboxylic acids is 1. The number of piperazine rings is 1. The highest BCUT2D eigenvalue weighted by Gasteiger charge is 2.22. The second kappa shape index (κ2) is 8.90. The molecule has 0 bridgehead atoms. The Morgan fingerprint density at radius 1 is 0.967 bits per heavy atom. The van der Waals surface area contributed by atoms with Crippen molar-refractivity contribution >= 4 is 16.9 Å². The quantitative estimate of drug-likeness (QED) is 0.710. The predicted molar refractivity (Wildman–Crippen MR) is 120 cm³/mol. The molecule has 156 valence electrons. The van der Waals surface area contributed by atoms with E-state index in [1.807, 2.05) is 50.2 Å². The van der Waals surface area contributed by atoms with Gasteiger partial charge in [-0.15, -0.1) is 0 Å². The Bertz CT molecular complexity index is 1030. The second-order valence-electron chi connectivity index (χ2n) is 8.14. The van der Waals surface area contributed by atoms with Crippen LogP contribution in [0.3, 0.4) is 0 Å². The number of likely N-dealkylation sites (N-methyl/N-ethyl adjacent to an activating group) is 1. The first-order chi connectivity index (χ1) is 14.5. The third kappa shape index (κ3) is 4.66. The summed E-state index contributed by atoms with van der Waals surface area (Å²) in [5.74, 6) is -0.0834. The van der Waals surface area contributed by atoms with Gasteiger partial charge in [-0.25, -0.2) is 9.97 Å². The first-order valence-corrected chi connectivity index (χ1v) is 10.5. The summed E-state index contributed by atoms with van der Waals surface area (Å²) in [7, 11) is 2.15. The van der Waals surface area contributed by atoms with E-state index < -0.39 is 0 Å². The molecular weight excluding hydrogens is 374 g/mol. The lowest BCUT2D eigenvalue weighted by molar-refractivity contribution is 0.0907. The molecule has 6 nitrogen and oxygen atoms in total. The normalized spacial score (nSPS) is 16.5. The van der Waals surface area contributed by atoms with Crippen molar-refractivity contribution in [3.8, 4) is 0 Å². The number of fused-ring (bicyclic) bond motifs is 1. The van der Waals surface area contributed by atoms with Crippen LogP contribution in [-0.4, -0.2) is 65.4 Å². The summed E-state index contributed by atoms with van der Waals surface area (Å²) in [4.78, 5) is 27.1. The average Bonchev–Trinajstić information content (AvgIpc) is 2.76. The lowest BCUT2D eigenvalue weighted by Crippen LogP contribution is -2.47. The van der Waals surface area contributed by atoms with Crippen molar-refractivity contribution in [1.82, 2.24) is 25.1 Å². The molecule has 0 saturated carbocycles. The Morgan fingerprint density at radius 3 is 2.33 bits per heavy atom. The third-order valence-corrected chi connectivity index (χ3v) is 5.88. The number of nitrogens with zero attached hydrogens (tertiary/aromatic N) is 4. The van der Waals surface area contributed by atoms with Gasteiger partial charge >= 0.3 is 0 Å². The minimum Gasteiger partial charge on any atom is -0.344 e. The Morgan fingerprint density at radius 2 is 1.63 bits per heavy atom. The Labute approximate surface area is 177 Å². The third-order valence-electron chi connectivity index (χ3n) is 5.88. The molecule has 1 aliphatic heterocycles. The molecule has 1 amide bonds. The van der Waals surface area contributed by atoms with Crippen LogP contribution in [0.5, 0.6) is 0 Å². The molecule has 2 heterocycles. The molecule has 1 fully saturated rings. The zero-order valence-corrected chi connectivity index (χ0v) is 17.9. The molecule has 4 rings (SSSR count). The molecule has 1 saturated heterocycles. The average molecular weight is 404 g/mol. The Balaban J connectivity index is 1.55. The molecule has 1 aliphatic rings. The molecule has 3 aromatic rings. The molecule has 1 unspecified atom stereocenters. The predicted octanol–water partition coefficient (Wildman–Crippen LogP) is 2.97. The van der Waals surface area contributed by atoms with Crippen LogP contribution in [0.15, 0.2) is 48.5 Å². The van der Waals surface area contributed by atoms with E-state index in [0.717, 1.165) is 60.7 Å². The zero-order chi connectivity index (χ0) is 21.1. The molecule has 0 radical (unpaired) electrons. The molecule has 2 aromatic carbocycles. The maximum absolute atomic E-state index is 13.1. The number of rotatable bonds is 5. The smallest absolute Gasteiger partial charge is 0.251 e. The van der Waals surface area contributed by atoms with E-state index in [1.165, 1.54) is 0 Å². The summed E-state index contributed by atoms with van der Waals surface area (Å²) in [6.07, 6.45) is 0. The lowest BCUT2D eigenvalue weighted by Gasteiger charge is -2.35. The van der Waals surface area contributed by atoms with Crippen LogP contribution >= 0.6 is 0 Å². The van der Waals surface area contributed by atoms with Gasteiger partial charge in [-0.3, -0.25) is 9.69 Å². The van der Waals surface area contributed by atoms with E-state index in [2.05, 4.69) is 44.3 Å². The van der Waals surface area contributed by atoms with Gasteiger partial charge in [0.05, 0.1) is 28.5 Å². The number of benzene rings is 2. The van der Waals surface area contributed by atoms with Crippen LogP contribution < -0.4 is 5.32 Å². The van der Waals surface area contributed by atoms with Gasteiger partial charge in [0.15, 0.2) is 0 Å². The Kier molecular flexibility index (Phi) is 6.06. The standard InChI is InChI=1S/C24H29N5O/c1-17-18(2)26-22-15-20(9-10-21(22)25-17)24(30)27-23(19-7-5-4-6-8-19)16-29-13-11-28(3)12-14-29/h4-10,15,23H,11-14,16H2,1-3H3,(H,27,30). The number of nitrogens with one attached hydrogen (secondary N) is 1. The molecule has 1 N–H and O–H groups in total. The number of carbonyl (C=O) groups is 1. The summed E-state index contributed by atoms with van der Waals surface area (Å²) >= 11 is 0. The van der Waals surface area contributed by atoms with E-state index in [1.54, 1.807) is 0 Å². The van der Waals surface area contributed by atoms with Crippen LogP contribution in [0.4, 0.5) is 0 Å². The molecule has 1 atom stereocenters. The van der Waals surface area contributed by atoms with Gasteiger partial charge in [-0.1, -0.05) is 30.3 Å². The van der Waals surface area contributed by atoms with E-state index in [4.69, 9.17) is 0 Å². The maximum atomic E-state index is 13.1. The van der Waals surface area contributed by atoms with Crippen molar-refractivity contribution in [1.29, 1.82) is 0 Å². The lowest BCUT2D eigenvalue weighted by atomic mass is 10.0. The topological polar surface area (TPSA) is 61.4 Å². The van der Waals surface area contributed by atoms with Crippen molar-refractivity contribution in [2.75, 3.05) is 39.8 Å². The summed E-state index contributed by atoms with van der Waals surface area (Å²) in [5.41, 5.74) is 5.09. The van der Waals surface area contributed by atoms with Gasteiger partial charge in [0.25, 0.3) is 5.91 Å². The summed E-state index contributed by atoms with van der Waals surface area (Å²) in [6, 6.07) is 15.7. The minimum absolute atomic E-state index is 0.0661. The van der Waals surface area contributed by atoms with Crippen LogP contribution in [0.1, 0.15) is 33.4 Å². The molecule has 0 spiro atoms. The molecule has 0 aliphatic carbocycles. The van der Waals surface area contributed by atoms with Crippen molar-refractivity contribution < 1.29 is 4.79 Å². The fraction of sp³-hybridized carbons (Fsp3) is 0.375. The van der Waals surface area contributed by atoms with Gasteiger partial charge in [0, 0.05) is 38.3 Å². The van der Waals surface area contributed by atoms with Crippen LogP contribution in [0.25, 0.3) is 11.0 Å². The number of aromatic nitrogens is 2. The number of hydrogen-bond acceptors (Lipinski definition) is 5. The summed E-state index contributed by atoms with van der Waals surface area (Å²) in [6.45, 7) is 8.82. The zero-order valence-electron chi connectivity index (χ0n) is 17.9. The van der Waals surface area contributed by atoms with E-state index in [0.29, 0.717) is 5.56 Å². The van der Waals surface area contributed by atoms with Crippen LogP contribution in [0, 0.1) is 13.8 Å². The number of aryl methyl sites for hydroxylation is 2.